The van der Waals surface area contributed by atoms with Crippen molar-refractivity contribution in [2.45, 2.75) is 309 Å². The zero-order valence-electron chi connectivity index (χ0n) is 52.8. The molecule has 460 valence electrons. The Labute approximate surface area is 500 Å². The summed E-state index contributed by atoms with van der Waals surface area (Å²) in [5.41, 5.74) is 0. The van der Waals surface area contributed by atoms with Crippen molar-refractivity contribution in [3.63, 3.8) is 0 Å². The van der Waals surface area contributed by atoms with E-state index in [-0.39, 0.29) is 31.1 Å². The van der Waals surface area contributed by atoms with Gasteiger partial charge in [-0.1, -0.05) is 283 Å². The molecule has 0 fully saturated rings. The Hall–Kier alpha value is -4.45. The summed E-state index contributed by atoms with van der Waals surface area (Å²) >= 11 is 0. The van der Waals surface area contributed by atoms with Crippen molar-refractivity contribution in [2.24, 2.45) is 0 Å². The van der Waals surface area contributed by atoms with Crippen LogP contribution in [0.5, 0.6) is 0 Å². The second kappa shape index (κ2) is 68.1. The fraction of sp³-hybridized carbons (Fsp3) is 0.667. The summed E-state index contributed by atoms with van der Waals surface area (Å²) in [6.45, 7) is 6.40. The van der Waals surface area contributed by atoms with Gasteiger partial charge < -0.3 is 14.2 Å². The van der Waals surface area contributed by atoms with Gasteiger partial charge in [-0.2, -0.15) is 0 Å². The first-order valence-electron chi connectivity index (χ1n) is 33.7. The Balaban J connectivity index is 4.43. The van der Waals surface area contributed by atoms with E-state index in [1.165, 1.54) is 116 Å². The van der Waals surface area contributed by atoms with Gasteiger partial charge in [-0.3, -0.25) is 14.4 Å². The zero-order chi connectivity index (χ0) is 58.5. The normalized spacial score (nSPS) is 13.0. The average molecular weight is 1120 g/mol. The maximum Gasteiger partial charge on any atom is 0.306 e. The first-order chi connectivity index (χ1) is 40.0. The van der Waals surface area contributed by atoms with E-state index in [1.54, 1.807) is 0 Å². The highest BCUT2D eigenvalue weighted by Crippen LogP contribution is 2.16. The number of rotatable bonds is 60. The molecule has 0 aromatic heterocycles. The third-order valence-electron chi connectivity index (χ3n) is 14.1. The minimum absolute atomic E-state index is 0.0947. The van der Waals surface area contributed by atoms with Crippen LogP contribution in [-0.4, -0.2) is 37.2 Å². The predicted octanol–water partition coefficient (Wildman–Crippen LogP) is 23.3. The Bertz CT molecular complexity index is 1720. The molecule has 0 heterocycles. The lowest BCUT2D eigenvalue weighted by molar-refractivity contribution is -0.167. The van der Waals surface area contributed by atoms with Crippen LogP contribution in [0.1, 0.15) is 303 Å². The van der Waals surface area contributed by atoms with E-state index < -0.39 is 6.10 Å². The van der Waals surface area contributed by atoms with Crippen LogP contribution in [0.25, 0.3) is 0 Å². The number of esters is 3. The van der Waals surface area contributed by atoms with Gasteiger partial charge >= 0.3 is 17.9 Å². The number of carbonyl (C=O) groups excluding carboxylic acids is 3. The van der Waals surface area contributed by atoms with Gasteiger partial charge in [0.05, 0.1) is 0 Å². The van der Waals surface area contributed by atoms with E-state index in [4.69, 9.17) is 14.2 Å². The van der Waals surface area contributed by atoms with Crippen molar-refractivity contribution in [2.75, 3.05) is 13.2 Å². The van der Waals surface area contributed by atoms with Crippen LogP contribution in [0.4, 0.5) is 0 Å². The summed E-state index contributed by atoms with van der Waals surface area (Å²) in [4.78, 5) is 38.4. The molecule has 1 atom stereocenters. The minimum Gasteiger partial charge on any atom is -0.462 e. The lowest BCUT2D eigenvalue weighted by Crippen LogP contribution is -2.30. The number of ether oxygens (including phenoxy) is 3. The Morgan fingerprint density at radius 3 is 0.753 bits per heavy atom. The van der Waals surface area contributed by atoms with Gasteiger partial charge in [0.2, 0.25) is 0 Å². The topological polar surface area (TPSA) is 78.9 Å². The maximum atomic E-state index is 12.9. The number of hydrogen-bond acceptors (Lipinski definition) is 6. The van der Waals surface area contributed by atoms with Crippen molar-refractivity contribution in [3.8, 4) is 0 Å². The standard InChI is InChI=1S/C75H124O6/c1-4-7-10-13-16-19-22-25-28-31-33-35-36-37-38-40-41-44-47-50-53-56-59-62-65-68-74(77)80-71-72(70-79-73(76)67-64-61-58-55-52-49-46-43-30-27-24-21-18-15-12-9-6-3)81-75(78)69-66-63-60-57-54-51-48-45-42-39-34-32-29-26-23-20-17-14-11-8-5-2/h8-9,11-12,17-18,20-22,25-27,29-31,33-34,36-37,39,45,48,72H,4-7,10,13-16,19,23-24,28,32,35,38,40-44,46-47,49-71H2,1-3H3/b11-8-,12-9-,20-17-,21-18-,25-22-,29-26-,30-27-,33-31-,37-36-,39-34-,48-45-. The quantitative estimate of drug-likeness (QED) is 0.0261. The highest BCUT2D eigenvalue weighted by atomic mass is 16.6. The molecule has 0 saturated heterocycles. The second-order valence-electron chi connectivity index (χ2n) is 22.0. The van der Waals surface area contributed by atoms with E-state index in [2.05, 4.69) is 154 Å². The van der Waals surface area contributed by atoms with Crippen molar-refractivity contribution in [1.82, 2.24) is 0 Å². The van der Waals surface area contributed by atoms with Crippen LogP contribution in [-0.2, 0) is 28.6 Å². The lowest BCUT2D eigenvalue weighted by atomic mass is 10.1. The number of allylic oxidation sites excluding steroid dienone is 22. The first-order valence-corrected chi connectivity index (χ1v) is 33.7. The third-order valence-corrected chi connectivity index (χ3v) is 14.1. The SMILES string of the molecule is CC/C=C\C/C=C\C/C=C\C/C=C\C/C=C\CCCCCCCC(=O)OC(COC(=O)CCCCCCCCC/C=C\C/C=C\C/C=C\CC)COC(=O)CCCCCCCCCCCC/C=C\C/C=C\C/C=C\CCCCCCC. The van der Waals surface area contributed by atoms with Crippen LogP contribution in [0.15, 0.2) is 134 Å². The molecule has 81 heavy (non-hydrogen) atoms. The highest BCUT2D eigenvalue weighted by Gasteiger charge is 2.19. The predicted molar refractivity (Wildman–Crippen MR) is 353 cm³/mol. The molecule has 0 rings (SSSR count). The molecule has 0 bridgehead atoms. The Morgan fingerprint density at radius 2 is 0.481 bits per heavy atom. The van der Waals surface area contributed by atoms with Crippen LogP contribution in [0.2, 0.25) is 0 Å². The molecule has 0 aromatic carbocycles. The van der Waals surface area contributed by atoms with Gasteiger partial charge in [0, 0.05) is 19.3 Å². The van der Waals surface area contributed by atoms with Gasteiger partial charge in [-0.05, 0) is 135 Å². The molecular formula is C75H124O6. The van der Waals surface area contributed by atoms with Crippen LogP contribution in [0, 0.1) is 0 Å². The molecule has 6 heteroatoms. The minimum atomic E-state index is -0.802. The summed E-state index contributed by atoms with van der Waals surface area (Å²) in [5, 5.41) is 0. The van der Waals surface area contributed by atoms with Gasteiger partial charge in [0.1, 0.15) is 13.2 Å². The summed E-state index contributed by atoms with van der Waals surface area (Å²) in [6, 6.07) is 0. The zero-order valence-corrected chi connectivity index (χ0v) is 52.8. The van der Waals surface area contributed by atoms with Crippen LogP contribution >= 0.6 is 0 Å². The van der Waals surface area contributed by atoms with E-state index in [1.807, 2.05) is 0 Å². The molecule has 0 amide bonds. The average Bonchev–Trinajstić information content (AvgIpc) is 3.47. The van der Waals surface area contributed by atoms with E-state index in [9.17, 15) is 14.4 Å². The molecule has 0 aliphatic rings. The van der Waals surface area contributed by atoms with E-state index in [0.29, 0.717) is 19.3 Å². The molecule has 0 spiro atoms. The van der Waals surface area contributed by atoms with E-state index >= 15 is 0 Å². The summed E-state index contributed by atoms with van der Waals surface area (Å²) in [6.07, 6.45) is 96.0. The third kappa shape index (κ3) is 66.2. The van der Waals surface area contributed by atoms with Crippen molar-refractivity contribution in [3.05, 3.63) is 134 Å². The monoisotopic (exact) mass is 1120 g/mol. The number of hydrogen-bond donors (Lipinski definition) is 0. The van der Waals surface area contributed by atoms with Gasteiger partial charge in [-0.15, -0.1) is 0 Å². The molecule has 0 aliphatic carbocycles. The van der Waals surface area contributed by atoms with Crippen molar-refractivity contribution in [1.29, 1.82) is 0 Å². The van der Waals surface area contributed by atoms with E-state index in [0.717, 1.165) is 148 Å². The smallest absolute Gasteiger partial charge is 0.306 e. The van der Waals surface area contributed by atoms with Crippen LogP contribution < -0.4 is 0 Å². The van der Waals surface area contributed by atoms with Gasteiger partial charge in [0.15, 0.2) is 6.10 Å². The summed E-state index contributed by atoms with van der Waals surface area (Å²) in [5.74, 6) is -0.922. The van der Waals surface area contributed by atoms with Gasteiger partial charge in [-0.25, -0.2) is 0 Å². The molecule has 0 saturated carbocycles. The molecule has 6 nitrogen and oxygen atoms in total. The molecule has 1 unspecified atom stereocenters. The first kappa shape index (κ1) is 76.5. The largest absolute Gasteiger partial charge is 0.462 e. The lowest BCUT2D eigenvalue weighted by Gasteiger charge is -2.18. The number of carbonyl (C=O) groups is 3. The van der Waals surface area contributed by atoms with Crippen molar-refractivity contribution < 1.29 is 28.6 Å². The fourth-order valence-corrected chi connectivity index (χ4v) is 9.14. The molecule has 0 N–H and O–H groups in total. The summed E-state index contributed by atoms with van der Waals surface area (Å²) in [7, 11) is 0. The Kier molecular flexibility index (Phi) is 64.3. The fourth-order valence-electron chi connectivity index (χ4n) is 9.14. The van der Waals surface area contributed by atoms with Gasteiger partial charge in [0.25, 0.3) is 0 Å². The van der Waals surface area contributed by atoms with Crippen LogP contribution in [0.3, 0.4) is 0 Å². The molecular weight excluding hydrogens is 997 g/mol. The number of unbranched alkanes of at least 4 members (excludes halogenated alkanes) is 27. The Morgan fingerprint density at radius 1 is 0.259 bits per heavy atom. The summed E-state index contributed by atoms with van der Waals surface area (Å²) < 4.78 is 16.9. The second-order valence-corrected chi connectivity index (χ2v) is 22.0. The molecule has 0 aromatic rings. The highest BCUT2D eigenvalue weighted by molar-refractivity contribution is 5.71. The molecule has 0 aliphatic heterocycles. The van der Waals surface area contributed by atoms with Crippen molar-refractivity contribution >= 4 is 17.9 Å². The maximum absolute atomic E-state index is 12.9. The molecule has 0 radical (unpaired) electrons.